The number of hydrogen-bond donors (Lipinski definition) is 1. The van der Waals surface area contributed by atoms with Gasteiger partial charge >= 0.3 is 0 Å². The van der Waals surface area contributed by atoms with Gasteiger partial charge in [0, 0.05) is 22.5 Å². The van der Waals surface area contributed by atoms with Gasteiger partial charge in [-0.1, -0.05) is 41.9 Å². The first-order chi connectivity index (χ1) is 11.6. The minimum absolute atomic E-state index is 0.180. The van der Waals surface area contributed by atoms with Crippen LogP contribution >= 0.6 is 22.9 Å². The maximum absolute atomic E-state index is 12.9. The van der Waals surface area contributed by atoms with Gasteiger partial charge in [0.15, 0.2) is 5.13 Å². The smallest absolute Gasteiger partial charge is 0.230 e. The molecule has 0 aliphatic rings. The van der Waals surface area contributed by atoms with E-state index >= 15 is 0 Å². The van der Waals surface area contributed by atoms with E-state index in [1.54, 1.807) is 18.3 Å². The van der Waals surface area contributed by atoms with Crippen molar-refractivity contribution >= 4 is 34.0 Å². The van der Waals surface area contributed by atoms with Gasteiger partial charge in [-0.2, -0.15) is 0 Å². The number of halogens is 2. The normalized spacial score (nSPS) is 10.6. The second-order valence-corrected chi connectivity index (χ2v) is 6.77. The SMILES string of the molecule is O=C(Cc1ccc(F)cc1)Nc1ncc(Cc2ccccc2Cl)s1. The second kappa shape index (κ2) is 7.55. The Kier molecular flexibility index (Phi) is 5.23. The summed E-state index contributed by atoms with van der Waals surface area (Å²) in [4.78, 5) is 17.3. The van der Waals surface area contributed by atoms with E-state index in [2.05, 4.69) is 10.3 Å². The van der Waals surface area contributed by atoms with Crippen molar-refractivity contribution in [3.63, 3.8) is 0 Å². The Hall–Kier alpha value is -2.24. The molecule has 0 saturated heterocycles. The van der Waals surface area contributed by atoms with Crippen molar-refractivity contribution in [2.45, 2.75) is 12.8 Å². The van der Waals surface area contributed by atoms with Crippen LogP contribution in [0.25, 0.3) is 0 Å². The molecule has 0 radical (unpaired) electrons. The number of carbonyl (C=O) groups is 1. The quantitative estimate of drug-likeness (QED) is 0.716. The topological polar surface area (TPSA) is 42.0 Å². The number of amides is 1. The monoisotopic (exact) mass is 360 g/mol. The lowest BCUT2D eigenvalue weighted by Gasteiger charge is -2.02. The summed E-state index contributed by atoms with van der Waals surface area (Å²) in [6.07, 6.45) is 2.59. The molecule has 24 heavy (non-hydrogen) atoms. The highest BCUT2D eigenvalue weighted by Crippen LogP contribution is 2.24. The standard InChI is InChI=1S/C18H14ClFN2OS/c19-16-4-2-1-3-13(16)10-15-11-21-18(24-15)22-17(23)9-12-5-7-14(20)8-6-12/h1-8,11H,9-10H2,(H,21,22,23). The molecule has 1 N–H and O–H groups in total. The zero-order valence-electron chi connectivity index (χ0n) is 12.6. The lowest BCUT2D eigenvalue weighted by atomic mass is 10.1. The lowest BCUT2D eigenvalue weighted by molar-refractivity contribution is -0.115. The summed E-state index contributed by atoms with van der Waals surface area (Å²) in [6, 6.07) is 13.5. The Morgan fingerprint density at radius 2 is 1.92 bits per heavy atom. The van der Waals surface area contributed by atoms with Gasteiger partial charge in [-0.15, -0.1) is 11.3 Å². The fourth-order valence-corrected chi connectivity index (χ4v) is 3.28. The van der Waals surface area contributed by atoms with E-state index in [0.29, 0.717) is 16.6 Å². The van der Waals surface area contributed by atoms with Gasteiger partial charge in [-0.05, 0) is 29.3 Å². The first-order valence-corrected chi connectivity index (χ1v) is 8.52. The first kappa shape index (κ1) is 16.6. The third kappa shape index (κ3) is 4.40. The molecule has 0 saturated carbocycles. The number of rotatable bonds is 5. The molecule has 6 heteroatoms. The number of carbonyl (C=O) groups excluding carboxylic acids is 1. The first-order valence-electron chi connectivity index (χ1n) is 7.32. The number of hydrogen-bond acceptors (Lipinski definition) is 3. The predicted molar refractivity (Wildman–Crippen MR) is 95.1 cm³/mol. The number of aromatic nitrogens is 1. The molecule has 0 fully saturated rings. The molecule has 1 amide bonds. The van der Waals surface area contributed by atoms with Crippen molar-refractivity contribution in [2.75, 3.05) is 5.32 Å². The number of benzene rings is 2. The van der Waals surface area contributed by atoms with Gasteiger partial charge in [0.2, 0.25) is 5.91 Å². The predicted octanol–water partition coefficient (Wildman–Crippen LogP) is 4.71. The van der Waals surface area contributed by atoms with Gasteiger partial charge in [-0.25, -0.2) is 9.37 Å². The largest absolute Gasteiger partial charge is 0.302 e. The highest BCUT2D eigenvalue weighted by Gasteiger charge is 2.09. The minimum atomic E-state index is -0.316. The highest BCUT2D eigenvalue weighted by atomic mass is 35.5. The summed E-state index contributed by atoms with van der Waals surface area (Å²) < 4.78 is 12.9. The molecule has 1 aromatic heterocycles. The van der Waals surface area contributed by atoms with Gasteiger partial charge < -0.3 is 5.32 Å². The van der Waals surface area contributed by atoms with Gasteiger partial charge in [-0.3, -0.25) is 4.79 Å². The minimum Gasteiger partial charge on any atom is -0.302 e. The van der Waals surface area contributed by atoms with Crippen LogP contribution in [-0.4, -0.2) is 10.9 Å². The summed E-state index contributed by atoms with van der Waals surface area (Å²) in [5, 5.41) is 4.03. The van der Waals surface area contributed by atoms with E-state index in [-0.39, 0.29) is 18.1 Å². The van der Waals surface area contributed by atoms with Crippen molar-refractivity contribution in [1.82, 2.24) is 4.98 Å². The third-order valence-corrected chi connectivity index (χ3v) is 4.68. The van der Waals surface area contributed by atoms with Crippen molar-refractivity contribution < 1.29 is 9.18 Å². The molecule has 0 aliphatic carbocycles. The van der Waals surface area contributed by atoms with Crippen molar-refractivity contribution in [1.29, 1.82) is 0 Å². The van der Waals surface area contributed by atoms with E-state index in [0.717, 1.165) is 16.0 Å². The van der Waals surface area contributed by atoms with Crippen LogP contribution in [0.1, 0.15) is 16.0 Å². The molecule has 1 heterocycles. The van der Waals surface area contributed by atoms with E-state index in [1.165, 1.54) is 23.5 Å². The van der Waals surface area contributed by atoms with Crippen LogP contribution < -0.4 is 5.32 Å². The summed E-state index contributed by atoms with van der Waals surface area (Å²) in [5.41, 5.74) is 1.77. The molecule has 3 rings (SSSR count). The number of nitrogens with one attached hydrogen (secondary N) is 1. The molecule has 3 aromatic rings. The summed E-state index contributed by atoms with van der Waals surface area (Å²) in [7, 11) is 0. The van der Waals surface area contributed by atoms with Crippen LogP contribution in [-0.2, 0) is 17.6 Å². The zero-order valence-corrected chi connectivity index (χ0v) is 14.2. The van der Waals surface area contributed by atoms with Crippen molar-refractivity contribution in [2.24, 2.45) is 0 Å². The fourth-order valence-electron chi connectivity index (χ4n) is 2.23. The maximum atomic E-state index is 12.9. The van der Waals surface area contributed by atoms with Crippen molar-refractivity contribution in [3.8, 4) is 0 Å². The molecule has 2 aromatic carbocycles. The Morgan fingerprint density at radius 1 is 1.17 bits per heavy atom. The van der Waals surface area contributed by atoms with E-state index in [4.69, 9.17) is 11.6 Å². The maximum Gasteiger partial charge on any atom is 0.230 e. The van der Waals surface area contributed by atoms with Crippen molar-refractivity contribution in [3.05, 3.63) is 81.6 Å². The van der Waals surface area contributed by atoms with E-state index in [9.17, 15) is 9.18 Å². The Labute approximate surface area is 148 Å². The zero-order chi connectivity index (χ0) is 16.9. The second-order valence-electron chi connectivity index (χ2n) is 5.25. The van der Waals surface area contributed by atoms with Gasteiger partial charge in [0.1, 0.15) is 5.82 Å². The molecule has 0 spiro atoms. The number of thiazole rings is 1. The molecule has 0 unspecified atom stereocenters. The van der Waals surface area contributed by atoms with Crippen LogP contribution in [0.3, 0.4) is 0 Å². The van der Waals surface area contributed by atoms with Crippen LogP contribution in [0.15, 0.2) is 54.7 Å². The average molecular weight is 361 g/mol. The van der Waals surface area contributed by atoms with Crippen LogP contribution in [0, 0.1) is 5.82 Å². The Morgan fingerprint density at radius 3 is 2.67 bits per heavy atom. The van der Waals surface area contributed by atoms with Gasteiger partial charge in [0.05, 0.1) is 6.42 Å². The molecule has 3 nitrogen and oxygen atoms in total. The van der Waals surface area contributed by atoms with Crippen LogP contribution in [0.4, 0.5) is 9.52 Å². The summed E-state index contributed by atoms with van der Waals surface area (Å²) in [5.74, 6) is -0.497. The molecule has 0 atom stereocenters. The van der Waals surface area contributed by atoms with Gasteiger partial charge in [0.25, 0.3) is 0 Å². The molecule has 122 valence electrons. The number of nitrogens with zero attached hydrogens (tertiary/aromatic N) is 1. The molecular weight excluding hydrogens is 347 g/mol. The Bertz CT molecular complexity index is 848. The average Bonchev–Trinajstić information content (AvgIpc) is 2.99. The summed E-state index contributed by atoms with van der Waals surface area (Å²) in [6.45, 7) is 0. The molecule has 0 bridgehead atoms. The third-order valence-electron chi connectivity index (χ3n) is 3.40. The Balaban J connectivity index is 1.60. The number of anilines is 1. The van der Waals surface area contributed by atoms with E-state index < -0.39 is 0 Å². The summed E-state index contributed by atoms with van der Waals surface area (Å²) >= 11 is 7.57. The highest BCUT2D eigenvalue weighted by molar-refractivity contribution is 7.15. The molecule has 0 aliphatic heterocycles. The molecular formula is C18H14ClFN2OS. The lowest BCUT2D eigenvalue weighted by Crippen LogP contribution is -2.14. The van der Waals surface area contributed by atoms with Crippen LogP contribution in [0.5, 0.6) is 0 Å². The fraction of sp³-hybridized carbons (Fsp3) is 0.111. The van der Waals surface area contributed by atoms with E-state index in [1.807, 2.05) is 24.3 Å². The van der Waals surface area contributed by atoms with Crippen LogP contribution in [0.2, 0.25) is 5.02 Å².